The summed E-state index contributed by atoms with van der Waals surface area (Å²) in [4.78, 5) is 23.2. The number of nitrogens with one attached hydrogen (secondary N) is 1. The molecule has 144 valence electrons. The minimum atomic E-state index is -2.99. The molecule has 1 amide bonds. The number of benzene rings is 1. The number of sulfone groups is 1. The molecule has 1 atom stereocenters. The molecule has 2 aromatic rings. The van der Waals surface area contributed by atoms with Crippen LogP contribution in [0.5, 0.6) is 0 Å². The van der Waals surface area contributed by atoms with Crippen molar-refractivity contribution in [2.75, 3.05) is 16.8 Å². The second-order valence-electron chi connectivity index (χ2n) is 7.02. The van der Waals surface area contributed by atoms with E-state index in [0.29, 0.717) is 13.0 Å². The summed E-state index contributed by atoms with van der Waals surface area (Å²) in [6.45, 7) is 4.42. The zero-order chi connectivity index (χ0) is 19.4. The lowest BCUT2D eigenvalue weighted by molar-refractivity contribution is 0.0684. The van der Waals surface area contributed by atoms with E-state index in [9.17, 15) is 13.2 Å². The van der Waals surface area contributed by atoms with Gasteiger partial charge in [-0.1, -0.05) is 30.3 Å². The Kier molecular flexibility index (Phi) is 5.74. The number of anilines is 1. The predicted molar refractivity (Wildman–Crippen MR) is 104 cm³/mol. The topological polar surface area (TPSA) is 92.3 Å². The molecule has 0 spiro atoms. The Balaban J connectivity index is 1.75. The van der Waals surface area contributed by atoms with E-state index >= 15 is 0 Å². The summed E-state index contributed by atoms with van der Waals surface area (Å²) in [5.74, 6) is 0.340. The van der Waals surface area contributed by atoms with Crippen molar-refractivity contribution in [2.45, 2.75) is 38.9 Å². The van der Waals surface area contributed by atoms with Gasteiger partial charge in [0.2, 0.25) is 5.95 Å². The fourth-order valence-corrected chi connectivity index (χ4v) is 4.73. The van der Waals surface area contributed by atoms with Gasteiger partial charge >= 0.3 is 0 Å². The fourth-order valence-electron chi connectivity index (χ4n) is 3.05. The van der Waals surface area contributed by atoms with Gasteiger partial charge in [-0.2, -0.15) is 0 Å². The normalized spacial score (nSPS) is 18.4. The summed E-state index contributed by atoms with van der Waals surface area (Å²) in [6, 6.07) is 11.2. The van der Waals surface area contributed by atoms with Gasteiger partial charge in [-0.05, 0) is 31.9 Å². The van der Waals surface area contributed by atoms with E-state index < -0.39 is 9.84 Å². The number of hydrogen-bond donors (Lipinski definition) is 1. The monoisotopic (exact) mass is 388 g/mol. The van der Waals surface area contributed by atoms with Crippen LogP contribution in [0.1, 0.15) is 36.3 Å². The largest absolute Gasteiger partial charge is 0.350 e. The fraction of sp³-hybridized carbons (Fsp3) is 0.421. The lowest BCUT2D eigenvalue weighted by atomic mass is 10.1. The van der Waals surface area contributed by atoms with Gasteiger partial charge in [0.25, 0.3) is 5.91 Å². The van der Waals surface area contributed by atoms with Crippen LogP contribution < -0.4 is 5.32 Å². The third kappa shape index (κ3) is 5.03. The van der Waals surface area contributed by atoms with Gasteiger partial charge in [-0.3, -0.25) is 4.79 Å². The van der Waals surface area contributed by atoms with E-state index in [1.54, 1.807) is 11.0 Å². The molecule has 7 nitrogen and oxygen atoms in total. The maximum Gasteiger partial charge on any atom is 0.273 e. The van der Waals surface area contributed by atoms with E-state index in [-0.39, 0.29) is 41.1 Å². The Morgan fingerprint density at radius 1 is 1.26 bits per heavy atom. The third-order valence-electron chi connectivity index (χ3n) is 4.52. The number of carbonyl (C=O) groups is 1. The molecule has 0 saturated carbocycles. The van der Waals surface area contributed by atoms with Gasteiger partial charge in [0, 0.05) is 24.8 Å². The Labute approximate surface area is 159 Å². The number of amides is 1. The molecule has 0 aliphatic carbocycles. The summed E-state index contributed by atoms with van der Waals surface area (Å²) in [7, 11) is -2.99. The molecule has 1 saturated heterocycles. The molecule has 1 aliphatic rings. The first-order valence-corrected chi connectivity index (χ1v) is 10.8. The summed E-state index contributed by atoms with van der Waals surface area (Å²) in [6.07, 6.45) is 2.04. The SMILES string of the molecule is CC(C)N(Cc1ccccc1)C(=O)c1ccnc(NC2CCS(=O)(=O)C2)n1. The number of nitrogens with zero attached hydrogens (tertiary/aromatic N) is 3. The van der Waals surface area contributed by atoms with Crippen LogP contribution in [0.3, 0.4) is 0 Å². The second-order valence-corrected chi connectivity index (χ2v) is 9.25. The van der Waals surface area contributed by atoms with Gasteiger partial charge in [-0.25, -0.2) is 18.4 Å². The Hall–Kier alpha value is -2.48. The van der Waals surface area contributed by atoms with E-state index in [4.69, 9.17) is 0 Å². The molecular formula is C19H24N4O3S. The molecule has 8 heteroatoms. The number of hydrogen-bond acceptors (Lipinski definition) is 6. The minimum Gasteiger partial charge on any atom is -0.350 e. The van der Waals surface area contributed by atoms with Crippen molar-refractivity contribution in [3.8, 4) is 0 Å². The Morgan fingerprint density at radius 2 is 2.00 bits per heavy atom. The lowest BCUT2D eigenvalue weighted by Gasteiger charge is -2.26. The van der Waals surface area contributed by atoms with Crippen molar-refractivity contribution in [3.63, 3.8) is 0 Å². The van der Waals surface area contributed by atoms with Crippen molar-refractivity contribution in [1.29, 1.82) is 0 Å². The van der Waals surface area contributed by atoms with Gasteiger partial charge < -0.3 is 10.2 Å². The summed E-state index contributed by atoms with van der Waals surface area (Å²) < 4.78 is 23.2. The smallest absolute Gasteiger partial charge is 0.273 e. The number of carbonyl (C=O) groups excluding carboxylic acids is 1. The molecule has 3 rings (SSSR count). The zero-order valence-corrected chi connectivity index (χ0v) is 16.3. The van der Waals surface area contributed by atoms with Crippen LogP contribution >= 0.6 is 0 Å². The predicted octanol–water partition coefficient (Wildman–Crippen LogP) is 2.13. The highest BCUT2D eigenvalue weighted by atomic mass is 32.2. The Morgan fingerprint density at radius 3 is 2.63 bits per heavy atom. The van der Waals surface area contributed by atoms with Crippen molar-refractivity contribution in [3.05, 3.63) is 53.9 Å². The van der Waals surface area contributed by atoms with Crippen LogP contribution in [0.2, 0.25) is 0 Å². The highest BCUT2D eigenvalue weighted by molar-refractivity contribution is 7.91. The molecule has 1 aliphatic heterocycles. The van der Waals surface area contributed by atoms with Crippen LogP contribution in [0.15, 0.2) is 42.6 Å². The maximum atomic E-state index is 13.0. The first kappa shape index (κ1) is 19.3. The van der Waals surface area contributed by atoms with E-state index in [1.165, 1.54) is 6.20 Å². The number of rotatable bonds is 6. The quantitative estimate of drug-likeness (QED) is 0.815. The zero-order valence-electron chi connectivity index (χ0n) is 15.5. The van der Waals surface area contributed by atoms with Crippen molar-refractivity contribution < 1.29 is 13.2 Å². The average Bonchev–Trinajstić information content (AvgIpc) is 2.98. The summed E-state index contributed by atoms with van der Waals surface area (Å²) in [5.41, 5.74) is 1.33. The van der Waals surface area contributed by atoms with Gasteiger partial charge in [0.15, 0.2) is 9.84 Å². The molecule has 0 bridgehead atoms. The van der Waals surface area contributed by atoms with Crippen molar-refractivity contribution in [2.24, 2.45) is 0 Å². The first-order valence-electron chi connectivity index (χ1n) is 8.99. The van der Waals surface area contributed by atoms with E-state index in [1.807, 2.05) is 44.2 Å². The molecule has 1 fully saturated rings. The van der Waals surface area contributed by atoms with Crippen molar-refractivity contribution in [1.82, 2.24) is 14.9 Å². The molecule has 2 heterocycles. The molecule has 1 aromatic heterocycles. The highest BCUT2D eigenvalue weighted by Gasteiger charge is 2.28. The van der Waals surface area contributed by atoms with Gasteiger partial charge in [-0.15, -0.1) is 0 Å². The van der Waals surface area contributed by atoms with Crippen LogP contribution in [-0.4, -0.2) is 52.8 Å². The third-order valence-corrected chi connectivity index (χ3v) is 6.29. The second kappa shape index (κ2) is 8.04. The van der Waals surface area contributed by atoms with Crippen LogP contribution in [0, 0.1) is 0 Å². The van der Waals surface area contributed by atoms with Crippen molar-refractivity contribution >= 4 is 21.7 Å². The molecular weight excluding hydrogens is 364 g/mol. The first-order chi connectivity index (χ1) is 12.8. The standard InChI is InChI=1S/C19H24N4O3S/c1-14(2)23(12-15-6-4-3-5-7-15)18(24)17-8-10-20-19(22-17)21-16-9-11-27(25,26)13-16/h3-8,10,14,16H,9,11-13H2,1-2H3,(H,20,21,22). The lowest BCUT2D eigenvalue weighted by Crippen LogP contribution is -2.37. The molecule has 27 heavy (non-hydrogen) atoms. The summed E-state index contributed by atoms with van der Waals surface area (Å²) >= 11 is 0. The van der Waals surface area contributed by atoms with Gasteiger partial charge in [0.05, 0.1) is 11.5 Å². The Bertz CT molecular complexity index is 900. The molecule has 1 N–H and O–H groups in total. The maximum absolute atomic E-state index is 13.0. The highest BCUT2D eigenvalue weighted by Crippen LogP contribution is 2.17. The van der Waals surface area contributed by atoms with Crippen LogP contribution in [0.25, 0.3) is 0 Å². The van der Waals surface area contributed by atoms with E-state index in [0.717, 1.165) is 5.56 Å². The average molecular weight is 388 g/mol. The minimum absolute atomic E-state index is 0.00376. The van der Waals surface area contributed by atoms with Crippen LogP contribution in [-0.2, 0) is 16.4 Å². The van der Waals surface area contributed by atoms with Gasteiger partial charge in [0.1, 0.15) is 5.69 Å². The molecule has 1 aromatic carbocycles. The molecule has 1 unspecified atom stereocenters. The summed E-state index contributed by atoms with van der Waals surface area (Å²) in [5, 5.41) is 3.04. The molecule has 0 radical (unpaired) electrons. The van der Waals surface area contributed by atoms with Crippen LogP contribution in [0.4, 0.5) is 5.95 Å². The van der Waals surface area contributed by atoms with E-state index in [2.05, 4.69) is 15.3 Å². The number of aromatic nitrogens is 2.